The Morgan fingerprint density at radius 3 is 2.55 bits per heavy atom. The highest BCUT2D eigenvalue weighted by Gasteiger charge is 2.29. The molecule has 4 rings (SSSR count). The molecule has 0 spiro atoms. The van der Waals surface area contributed by atoms with E-state index in [1.165, 1.54) is 0 Å². The second-order valence-corrected chi connectivity index (χ2v) is 5.07. The van der Waals surface area contributed by atoms with Gasteiger partial charge in [-0.1, -0.05) is 35.9 Å². The van der Waals surface area contributed by atoms with Gasteiger partial charge in [-0.05, 0) is 29.0 Å². The molecule has 0 atom stereocenters. The van der Waals surface area contributed by atoms with Gasteiger partial charge in [-0.3, -0.25) is 0 Å². The lowest BCUT2D eigenvalue weighted by atomic mass is 9.92. The van der Waals surface area contributed by atoms with E-state index >= 15 is 0 Å². The van der Waals surface area contributed by atoms with E-state index in [1.54, 1.807) is 12.1 Å². The highest BCUT2D eigenvalue weighted by molar-refractivity contribution is 6.38. The Bertz CT molecular complexity index is 928. The van der Waals surface area contributed by atoms with Crippen molar-refractivity contribution < 1.29 is 14.3 Å². The molecule has 0 N–H and O–H groups in total. The zero-order chi connectivity index (χ0) is 13.9. The molecule has 1 heterocycles. The first kappa shape index (κ1) is 11.4. The number of ether oxygens (including phenoxy) is 1. The Labute approximate surface area is 118 Å². The van der Waals surface area contributed by atoms with Crippen LogP contribution in [-0.4, -0.2) is 11.9 Å². The van der Waals surface area contributed by atoms with Crippen molar-refractivity contribution in [1.82, 2.24) is 0 Å². The lowest BCUT2D eigenvalue weighted by Gasteiger charge is -2.18. The number of carbonyl (C=O) groups excluding carboxylic acids is 2. The van der Waals surface area contributed by atoms with E-state index in [1.807, 2.05) is 30.3 Å². The lowest BCUT2D eigenvalue weighted by Crippen LogP contribution is -2.20. The maximum absolute atomic E-state index is 12.1. The third kappa shape index (κ3) is 1.35. The van der Waals surface area contributed by atoms with Gasteiger partial charge in [0.15, 0.2) is 0 Å². The normalized spacial score (nSPS) is 13.8. The molecule has 3 aromatic carbocycles. The molecule has 3 nitrogen and oxygen atoms in total. The molecule has 1 aliphatic rings. The van der Waals surface area contributed by atoms with Crippen LogP contribution in [0.1, 0.15) is 20.7 Å². The summed E-state index contributed by atoms with van der Waals surface area (Å²) in [5.41, 5.74) is 0.792. The number of hydrogen-bond acceptors (Lipinski definition) is 3. The summed E-state index contributed by atoms with van der Waals surface area (Å²) in [5, 5.41) is 3.44. The summed E-state index contributed by atoms with van der Waals surface area (Å²) in [6.45, 7) is 0. The minimum absolute atomic E-state index is 0.379. The van der Waals surface area contributed by atoms with Crippen LogP contribution in [0.5, 0.6) is 0 Å². The molecule has 0 radical (unpaired) electrons. The molecule has 0 aromatic heterocycles. The van der Waals surface area contributed by atoms with E-state index in [0.717, 1.165) is 10.8 Å². The number of hydrogen-bond donors (Lipinski definition) is 0. The Balaban J connectivity index is 2.37. The minimum Gasteiger partial charge on any atom is -0.386 e. The molecule has 3 aromatic rings. The Morgan fingerprint density at radius 2 is 1.70 bits per heavy atom. The molecule has 0 saturated heterocycles. The summed E-state index contributed by atoms with van der Waals surface area (Å²) in [4.78, 5) is 24.0. The minimum atomic E-state index is -0.626. The van der Waals surface area contributed by atoms with Crippen molar-refractivity contribution in [2.75, 3.05) is 0 Å². The number of esters is 2. The molecule has 96 valence electrons. The standard InChI is InChI=1S/C16H7ClO3/c17-12-6-5-10-13-11(12)7-8-3-1-2-4-9(8)14(13)16(19)20-15(10)18/h1-7H. The van der Waals surface area contributed by atoms with Gasteiger partial charge >= 0.3 is 11.9 Å². The predicted octanol–water partition coefficient (Wildman–Crippen LogP) is 3.96. The summed E-state index contributed by atoms with van der Waals surface area (Å²) in [6, 6.07) is 12.6. The largest absolute Gasteiger partial charge is 0.386 e. The summed E-state index contributed by atoms with van der Waals surface area (Å²) < 4.78 is 4.83. The van der Waals surface area contributed by atoms with Crippen LogP contribution in [0.2, 0.25) is 5.02 Å². The van der Waals surface area contributed by atoms with Gasteiger partial charge in [-0.25, -0.2) is 9.59 Å². The summed E-state index contributed by atoms with van der Waals surface area (Å²) in [6.07, 6.45) is 0. The molecule has 0 saturated carbocycles. The van der Waals surface area contributed by atoms with Crippen molar-refractivity contribution in [3.8, 4) is 0 Å². The zero-order valence-electron chi connectivity index (χ0n) is 10.1. The van der Waals surface area contributed by atoms with Gasteiger partial charge in [-0.2, -0.15) is 0 Å². The highest BCUT2D eigenvalue weighted by Crippen LogP contribution is 2.37. The maximum atomic E-state index is 12.1. The lowest BCUT2D eigenvalue weighted by molar-refractivity contribution is 0.0393. The van der Waals surface area contributed by atoms with Crippen molar-refractivity contribution in [2.45, 2.75) is 0 Å². The third-order valence-corrected chi connectivity index (χ3v) is 3.91. The van der Waals surface area contributed by atoms with E-state index in [4.69, 9.17) is 16.3 Å². The fraction of sp³-hybridized carbons (Fsp3) is 0. The van der Waals surface area contributed by atoms with Gasteiger partial charge in [0.2, 0.25) is 0 Å². The Hall–Kier alpha value is -2.39. The molecule has 0 amide bonds. The first-order valence-electron chi connectivity index (χ1n) is 6.07. The topological polar surface area (TPSA) is 43.4 Å². The summed E-state index contributed by atoms with van der Waals surface area (Å²) in [7, 11) is 0. The van der Waals surface area contributed by atoms with Crippen LogP contribution in [0, 0.1) is 0 Å². The van der Waals surface area contributed by atoms with Crippen molar-refractivity contribution in [1.29, 1.82) is 0 Å². The highest BCUT2D eigenvalue weighted by atomic mass is 35.5. The number of cyclic esters (lactones) is 2. The number of carbonyl (C=O) groups is 2. The average Bonchev–Trinajstić information content (AvgIpc) is 2.44. The molecule has 1 aliphatic heterocycles. The molecule has 0 fully saturated rings. The van der Waals surface area contributed by atoms with Crippen LogP contribution in [0.4, 0.5) is 0 Å². The van der Waals surface area contributed by atoms with Crippen LogP contribution < -0.4 is 0 Å². The van der Waals surface area contributed by atoms with Gasteiger partial charge in [-0.15, -0.1) is 0 Å². The van der Waals surface area contributed by atoms with Gasteiger partial charge in [0.05, 0.1) is 11.1 Å². The molecular formula is C16H7ClO3. The first-order chi connectivity index (χ1) is 9.66. The van der Waals surface area contributed by atoms with Crippen LogP contribution >= 0.6 is 11.6 Å². The number of fused-ring (bicyclic) bond motifs is 2. The quantitative estimate of drug-likeness (QED) is 0.356. The second kappa shape index (κ2) is 3.81. The summed E-state index contributed by atoms with van der Waals surface area (Å²) in [5.74, 6) is -1.24. The third-order valence-electron chi connectivity index (χ3n) is 3.58. The molecule has 0 aliphatic carbocycles. The van der Waals surface area contributed by atoms with E-state index in [-0.39, 0.29) is 0 Å². The van der Waals surface area contributed by atoms with Crippen LogP contribution in [0.15, 0.2) is 42.5 Å². The smallest absolute Gasteiger partial charge is 0.347 e. The number of halogens is 1. The van der Waals surface area contributed by atoms with E-state index in [9.17, 15) is 9.59 Å². The van der Waals surface area contributed by atoms with E-state index < -0.39 is 11.9 Å². The fourth-order valence-electron chi connectivity index (χ4n) is 2.72. The Morgan fingerprint density at radius 1 is 0.900 bits per heavy atom. The Kier molecular flexibility index (Phi) is 2.18. The molecular weight excluding hydrogens is 276 g/mol. The predicted molar refractivity (Wildman–Crippen MR) is 76.2 cm³/mol. The second-order valence-electron chi connectivity index (χ2n) is 4.67. The zero-order valence-corrected chi connectivity index (χ0v) is 10.9. The number of rotatable bonds is 0. The van der Waals surface area contributed by atoms with Crippen molar-refractivity contribution in [3.63, 3.8) is 0 Å². The van der Waals surface area contributed by atoms with Crippen molar-refractivity contribution in [2.24, 2.45) is 0 Å². The van der Waals surface area contributed by atoms with Gasteiger partial charge < -0.3 is 4.74 Å². The van der Waals surface area contributed by atoms with Gasteiger partial charge in [0.1, 0.15) is 0 Å². The van der Waals surface area contributed by atoms with Crippen LogP contribution in [-0.2, 0) is 4.74 Å². The first-order valence-corrected chi connectivity index (χ1v) is 6.45. The van der Waals surface area contributed by atoms with E-state index in [2.05, 4.69) is 0 Å². The average molecular weight is 283 g/mol. The molecule has 0 unspecified atom stereocenters. The van der Waals surface area contributed by atoms with Crippen molar-refractivity contribution in [3.05, 3.63) is 58.6 Å². The van der Waals surface area contributed by atoms with Gasteiger partial charge in [0.25, 0.3) is 0 Å². The molecule has 20 heavy (non-hydrogen) atoms. The SMILES string of the molecule is O=C1OC(=O)c2c3ccccc3cc3c(Cl)ccc1c23. The van der Waals surface area contributed by atoms with Crippen LogP contribution in [0.25, 0.3) is 21.5 Å². The molecule has 0 bridgehead atoms. The summed E-state index contributed by atoms with van der Waals surface area (Å²) >= 11 is 6.21. The molecule has 4 heteroatoms. The van der Waals surface area contributed by atoms with Crippen molar-refractivity contribution >= 4 is 45.1 Å². The maximum Gasteiger partial charge on any atom is 0.347 e. The number of benzene rings is 3. The van der Waals surface area contributed by atoms with Gasteiger partial charge in [0, 0.05) is 15.8 Å². The van der Waals surface area contributed by atoms with Crippen LogP contribution in [0.3, 0.4) is 0 Å². The fourth-order valence-corrected chi connectivity index (χ4v) is 2.93. The van der Waals surface area contributed by atoms with E-state index in [0.29, 0.717) is 26.9 Å². The monoisotopic (exact) mass is 282 g/mol.